The maximum Gasteiger partial charge on any atom is 0.451 e. The highest BCUT2D eigenvalue weighted by Crippen LogP contribution is 2.50. The first kappa shape index (κ1) is 32.2. The number of benzene rings is 2. The fraction of sp³-hybridized carbons (Fsp3) is 0.406. The molecule has 5 heterocycles. The smallest absolute Gasteiger partial charge is 0.444 e. The van der Waals surface area contributed by atoms with Crippen LogP contribution in [-0.4, -0.2) is 66.1 Å². The molecule has 2 atom stereocenters. The molecule has 0 radical (unpaired) electrons. The van der Waals surface area contributed by atoms with Crippen molar-refractivity contribution in [1.29, 1.82) is 0 Å². The highest BCUT2D eigenvalue weighted by Gasteiger charge is 2.43. The van der Waals surface area contributed by atoms with Crippen LogP contribution in [0.4, 0.5) is 17.6 Å². The maximum atomic E-state index is 14.9. The Balaban J connectivity index is 1.09. The van der Waals surface area contributed by atoms with Crippen molar-refractivity contribution in [3.8, 4) is 23.0 Å². The molecule has 16 heteroatoms. The van der Waals surface area contributed by atoms with Gasteiger partial charge in [-0.2, -0.15) is 13.2 Å². The van der Waals surface area contributed by atoms with Gasteiger partial charge in [-0.05, 0) is 69.1 Å². The minimum Gasteiger partial charge on any atom is -0.444 e. The molecule has 2 aromatic carbocycles. The third-order valence-electron chi connectivity index (χ3n) is 8.84. The van der Waals surface area contributed by atoms with Crippen molar-refractivity contribution in [3.05, 3.63) is 76.1 Å². The number of methoxy groups -OCH3 is 1. The van der Waals surface area contributed by atoms with E-state index < -0.39 is 23.6 Å². The summed E-state index contributed by atoms with van der Waals surface area (Å²) in [6.45, 7) is 6.10. The molecule has 11 nitrogen and oxygen atoms in total. The van der Waals surface area contributed by atoms with E-state index in [1.54, 1.807) is 32.2 Å². The van der Waals surface area contributed by atoms with Crippen molar-refractivity contribution >= 4 is 22.8 Å². The molecule has 0 aliphatic carbocycles. The zero-order valence-electron chi connectivity index (χ0n) is 26.2. The molecular weight excluding hydrogens is 656 g/mol. The number of aromatic nitrogens is 7. The lowest BCUT2D eigenvalue weighted by Crippen LogP contribution is -2.34. The van der Waals surface area contributed by atoms with E-state index in [4.69, 9.17) is 30.8 Å². The molecule has 5 aromatic rings. The molecule has 0 spiro atoms. The van der Waals surface area contributed by atoms with Gasteiger partial charge in [-0.3, -0.25) is 4.90 Å². The molecule has 252 valence electrons. The molecule has 1 fully saturated rings. The van der Waals surface area contributed by atoms with Crippen LogP contribution < -0.4 is 9.47 Å². The summed E-state index contributed by atoms with van der Waals surface area (Å²) >= 11 is 5.97. The van der Waals surface area contributed by atoms with Crippen molar-refractivity contribution in [2.75, 3.05) is 20.2 Å². The van der Waals surface area contributed by atoms with Gasteiger partial charge < -0.3 is 23.8 Å². The van der Waals surface area contributed by atoms with Crippen molar-refractivity contribution in [2.24, 2.45) is 0 Å². The predicted octanol–water partition coefficient (Wildman–Crippen LogP) is 6.48. The number of imidazole rings is 1. The van der Waals surface area contributed by atoms with Crippen molar-refractivity contribution in [3.63, 3.8) is 0 Å². The van der Waals surface area contributed by atoms with Crippen LogP contribution in [0.25, 0.3) is 22.7 Å². The molecule has 48 heavy (non-hydrogen) atoms. The van der Waals surface area contributed by atoms with E-state index in [2.05, 4.69) is 30.3 Å². The largest absolute Gasteiger partial charge is 0.451 e. The van der Waals surface area contributed by atoms with Crippen molar-refractivity contribution in [2.45, 2.75) is 63.8 Å². The van der Waals surface area contributed by atoms with Crippen LogP contribution >= 0.6 is 11.6 Å². The Morgan fingerprint density at radius 2 is 1.88 bits per heavy atom. The first-order valence-electron chi connectivity index (χ1n) is 15.4. The average Bonchev–Trinajstić information content (AvgIpc) is 3.77. The van der Waals surface area contributed by atoms with Crippen molar-refractivity contribution < 1.29 is 31.8 Å². The monoisotopic (exact) mass is 686 g/mol. The molecule has 0 unspecified atom stereocenters. The number of H-pyrrole nitrogens is 1. The fourth-order valence-corrected chi connectivity index (χ4v) is 6.43. The van der Waals surface area contributed by atoms with Gasteiger partial charge in [0.2, 0.25) is 5.82 Å². The summed E-state index contributed by atoms with van der Waals surface area (Å²) in [5.41, 5.74) is 2.32. The fourth-order valence-electron chi connectivity index (χ4n) is 6.28. The Labute approximate surface area is 277 Å². The molecule has 2 aliphatic heterocycles. The Bertz CT molecular complexity index is 1980. The van der Waals surface area contributed by atoms with E-state index in [9.17, 15) is 17.6 Å². The molecule has 3 aromatic heterocycles. The highest BCUT2D eigenvalue weighted by molar-refractivity contribution is 6.30. The van der Waals surface area contributed by atoms with E-state index in [0.717, 1.165) is 37.3 Å². The molecule has 0 bridgehead atoms. The zero-order chi connectivity index (χ0) is 33.8. The van der Waals surface area contributed by atoms with Crippen LogP contribution in [0.15, 0.2) is 42.5 Å². The lowest BCUT2D eigenvalue weighted by molar-refractivity contribution is -0.144. The molecule has 7 rings (SSSR count). The first-order valence-corrected chi connectivity index (χ1v) is 15.7. The predicted molar refractivity (Wildman–Crippen MR) is 166 cm³/mol. The van der Waals surface area contributed by atoms with Gasteiger partial charge in [0.05, 0.1) is 24.8 Å². The Kier molecular flexibility index (Phi) is 8.24. The number of ether oxygens (including phenoxy) is 3. The highest BCUT2D eigenvalue weighted by atomic mass is 35.5. The molecule has 0 saturated carbocycles. The summed E-state index contributed by atoms with van der Waals surface area (Å²) in [6, 6.07) is 11.8. The van der Waals surface area contributed by atoms with E-state index in [0.29, 0.717) is 40.8 Å². The third kappa shape index (κ3) is 6.05. The van der Waals surface area contributed by atoms with Crippen LogP contribution in [0, 0.1) is 5.82 Å². The van der Waals surface area contributed by atoms with E-state index >= 15 is 0 Å². The van der Waals surface area contributed by atoms with Gasteiger partial charge in [-0.15, -0.1) is 20.4 Å². The lowest BCUT2D eigenvalue weighted by atomic mass is 9.88. The maximum absolute atomic E-state index is 14.9. The van der Waals surface area contributed by atoms with Gasteiger partial charge in [0.1, 0.15) is 22.9 Å². The number of nitrogens with zero attached hydrogens (tertiary/aromatic N) is 7. The quantitative estimate of drug-likeness (QED) is 0.183. The van der Waals surface area contributed by atoms with Gasteiger partial charge in [0.15, 0.2) is 23.0 Å². The lowest BCUT2D eigenvalue weighted by Gasteiger charge is -2.32. The summed E-state index contributed by atoms with van der Waals surface area (Å²) in [7, 11) is 1.61. The molecule has 1 N–H and O–H groups in total. The van der Waals surface area contributed by atoms with Gasteiger partial charge in [-0.1, -0.05) is 23.7 Å². The second-order valence-corrected chi connectivity index (χ2v) is 12.6. The van der Waals surface area contributed by atoms with E-state index in [-0.39, 0.29) is 29.1 Å². The second-order valence-electron chi connectivity index (χ2n) is 12.1. The first-order chi connectivity index (χ1) is 22.9. The Morgan fingerprint density at radius 1 is 1.08 bits per heavy atom. The summed E-state index contributed by atoms with van der Waals surface area (Å²) in [5, 5.41) is 15.5. The van der Waals surface area contributed by atoms with Gasteiger partial charge >= 0.3 is 6.18 Å². The number of para-hydroxylation sites is 1. The second kappa shape index (κ2) is 12.3. The number of alkyl halides is 3. The summed E-state index contributed by atoms with van der Waals surface area (Å²) in [5.74, 6) is -1.11. The number of hydrogen-bond acceptors (Lipinski definition) is 9. The van der Waals surface area contributed by atoms with Crippen LogP contribution in [0.2, 0.25) is 5.02 Å². The summed E-state index contributed by atoms with van der Waals surface area (Å²) in [4.78, 5) is 9.27. The van der Waals surface area contributed by atoms with Crippen LogP contribution in [0.1, 0.15) is 55.4 Å². The van der Waals surface area contributed by atoms with Crippen LogP contribution in [-0.2, 0) is 29.8 Å². The molecule has 1 saturated heterocycles. The Morgan fingerprint density at radius 3 is 2.58 bits per heavy atom. The third-order valence-corrected chi connectivity index (χ3v) is 9.07. The number of fused-ring (bicyclic) bond motifs is 2. The number of aromatic amines is 1. The zero-order valence-corrected chi connectivity index (χ0v) is 26.9. The van der Waals surface area contributed by atoms with Crippen LogP contribution in [0.3, 0.4) is 0 Å². The summed E-state index contributed by atoms with van der Waals surface area (Å²) in [6.07, 6.45) is -3.17. The number of halogens is 5. The molecule has 2 aliphatic rings. The number of hydrogen-bond donors (Lipinski definition) is 1. The number of nitrogens with one attached hydrogen (secondary N) is 1. The van der Waals surface area contributed by atoms with Gasteiger partial charge in [0, 0.05) is 24.6 Å². The Hall–Kier alpha value is -4.34. The van der Waals surface area contributed by atoms with Gasteiger partial charge in [0.25, 0.3) is 5.79 Å². The van der Waals surface area contributed by atoms with Crippen molar-refractivity contribution in [1.82, 2.24) is 39.8 Å². The van der Waals surface area contributed by atoms with E-state index in [1.165, 1.54) is 6.07 Å². The minimum absolute atomic E-state index is 0.0961. The standard InChI is InChI=1S/C32H31ClF4N8O3/c1-17(46-3)15-45-26(38-24-14-23(40-42-29(24)45)28-39-30(43-41-28)32(35,36)37)16-44-11-9-18(10-12-44)20-5-4-6-25-27(20)48-31(2,47-25)21-8-7-19(33)13-22(21)34/h4-8,13-14,17-18H,9-12,15-16H2,1-3H3,(H,39,41,43)/t17-,31+/m1/s1. The minimum atomic E-state index is -4.67. The molecular formula is C32H31ClF4N8O3. The topological polar surface area (TPSA) is 116 Å². The van der Waals surface area contributed by atoms with Gasteiger partial charge in [-0.25, -0.2) is 9.37 Å². The number of piperidine rings is 1. The number of likely N-dealkylation sites (tertiary alicyclic amines) is 1. The number of rotatable bonds is 8. The molecule has 0 amide bonds. The van der Waals surface area contributed by atoms with Crippen LogP contribution in [0.5, 0.6) is 11.5 Å². The SMILES string of the molecule is CO[C@H](C)Cn1c(CN2CCC(c3cccc4c3O[C@@](C)(c3ccc(Cl)cc3F)O4)CC2)nc2cc(-c3nnc(C(F)(F)F)[nH]3)nnc21. The summed E-state index contributed by atoms with van der Waals surface area (Å²) < 4.78 is 74.0. The average molecular weight is 687 g/mol. The van der Waals surface area contributed by atoms with E-state index in [1.807, 2.05) is 29.7 Å². The normalized spacial score (nSPS) is 19.3.